The molecular weight excluding hydrogens is 430 g/mol. The predicted octanol–water partition coefficient (Wildman–Crippen LogP) is 5.97. The van der Waals surface area contributed by atoms with Crippen LogP contribution < -0.4 is 0 Å². The first-order valence-electron chi connectivity index (χ1n) is 10.6. The molecule has 7 nitrogen and oxygen atoms in total. The number of nitrogens with zero attached hydrogens (tertiary/aromatic N) is 5. The van der Waals surface area contributed by atoms with E-state index in [1.54, 1.807) is 11.3 Å². The maximum atomic E-state index is 4.69. The van der Waals surface area contributed by atoms with Crippen molar-refractivity contribution in [1.82, 2.24) is 34.7 Å². The van der Waals surface area contributed by atoms with E-state index in [9.17, 15) is 0 Å². The van der Waals surface area contributed by atoms with Gasteiger partial charge in [0.25, 0.3) is 0 Å². The van der Waals surface area contributed by atoms with Crippen molar-refractivity contribution < 1.29 is 0 Å². The molecule has 0 fully saturated rings. The number of imidazole rings is 1. The lowest BCUT2D eigenvalue weighted by Gasteiger charge is -2.04. The molecule has 0 bridgehead atoms. The average Bonchev–Trinajstić information content (AvgIpc) is 3.59. The fraction of sp³-hybridized carbons (Fsp3) is 0.120. The number of H-pyrrole nitrogens is 2. The molecule has 0 aliphatic heterocycles. The Labute approximate surface area is 193 Å². The topological polar surface area (TPSA) is 88.1 Å². The van der Waals surface area contributed by atoms with Crippen LogP contribution in [0, 0.1) is 6.92 Å². The van der Waals surface area contributed by atoms with Crippen molar-refractivity contribution in [3.05, 3.63) is 66.2 Å². The van der Waals surface area contributed by atoms with E-state index in [0.717, 1.165) is 60.9 Å². The Morgan fingerprint density at radius 3 is 2.70 bits per heavy atom. The van der Waals surface area contributed by atoms with Crippen LogP contribution in [0.1, 0.15) is 17.6 Å². The molecule has 0 spiro atoms. The zero-order valence-electron chi connectivity index (χ0n) is 18.5. The second-order valence-electron chi connectivity index (χ2n) is 8.19. The molecule has 162 valence electrons. The van der Waals surface area contributed by atoms with Crippen molar-refractivity contribution in [1.29, 1.82) is 0 Å². The highest BCUT2D eigenvalue weighted by molar-refractivity contribution is 7.16. The molecular formula is C25H21N7S. The summed E-state index contributed by atoms with van der Waals surface area (Å²) < 4.78 is 2.06. The van der Waals surface area contributed by atoms with E-state index >= 15 is 0 Å². The molecule has 0 unspecified atom stereocenters. The molecule has 6 aromatic heterocycles. The second-order valence-corrected chi connectivity index (χ2v) is 9.28. The molecule has 0 radical (unpaired) electrons. The minimum Gasteiger partial charge on any atom is -0.353 e. The Kier molecular flexibility index (Phi) is 4.31. The predicted molar refractivity (Wildman–Crippen MR) is 134 cm³/mol. The van der Waals surface area contributed by atoms with Gasteiger partial charge in [-0.2, -0.15) is 5.10 Å². The van der Waals surface area contributed by atoms with Crippen LogP contribution in [-0.2, 0) is 7.05 Å². The number of nitrogens with one attached hydrogen (secondary N) is 2. The number of aromatic nitrogens is 7. The highest BCUT2D eigenvalue weighted by Crippen LogP contribution is 2.37. The second kappa shape index (κ2) is 7.25. The molecule has 33 heavy (non-hydrogen) atoms. The van der Waals surface area contributed by atoms with Gasteiger partial charge >= 0.3 is 0 Å². The molecule has 0 aliphatic rings. The summed E-state index contributed by atoms with van der Waals surface area (Å²) in [5, 5.41) is 9.62. The fourth-order valence-corrected chi connectivity index (χ4v) is 5.04. The summed E-state index contributed by atoms with van der Waals surface area (Å²) in [6.45, 7) is 8.07. The third kappa shape index (κ3) is 3.10. The number of thiophene rings is 1. The minimum atomic E-state index is 0.675. The number of aryl methyl sites for hydroxylation is 1. The summed E-state index contributed by atoms with van der Waals surface area (Å²) in [6, 6.07) is 10.5. The third-order valence-electron chi connectivity index (χ3n) is 6.00. The monoisotopic (exact) mass is 451 g/mol. The summed E-state index contributed by atoms with van der Waals surface area (Å²) >= 11 is 1.71. The van der Waals surface area contributed by atoms with E-state index < -0.39 is 0 Å². The Balaban J connectivity index is 1.49. The molecule has 0 aliphatic carbocycles. The van der Waals surface area contributed by atoms with Gasteiger partial charge in [0.15, 0.2) is 5.65 Å². The van der Waals surface area contributed by atoms with Crippen LogP contribution in [0.15, 0.2) is 55.5 Å². The molecule has 0 amide bonds. The Morgan fingerprint density at radius 2 is 1.94 bits per heavy atom. The van der Waals surface area contributed by atoms with Crippen molar-refractivity contribution >= 4 is 38.8 Å². The van der Waals surface area contributed by atoms with Gasteiger partial charge in [-0.05, 0) is 49.8 Å². The minimum absolute atomic E-state index is 0.675. The van der Waals surface area contributed by atoms with Gasteiger partial charge in [0.2, 0.25) is 0 Å². The van der Waals surface area contributed by atoms with Crippen molar-refractivity contribution in [3.63, 3.8) is 0 Å². The first-order chi connectivity index (χ1) is 16.0. The van der Waals surface area contributed by atoms with Crippen LogP contribution in [0.3, 0.4) is 0 Å². The molecule has 0 atom stereocenters. The molecule has 0 saturated carbocycles. The van der Waals surface area contributed by atoms with Gasteiger partial charge in [-0.15, -0.1) is 11.3 Å². The van der Waals surface area contributed by atoms with Crippen LogP contribution in [-0.4, -0.2) is 34.7 Å². The standard InChI is InChI=1S/C25H21N7S/c1-13(2)21-5-6-22(33-21)24-16-10-19(29-18(16)7-8-26-24)23-17-9-15(11-28-25(17)31-30-23)20-12-27-14(3)32(20)4/h5-12,29H,1H2,2-4H3,(H,28,30,31). The molecule has 0 aromatic carbocycles. The number of aromatic amines is 2. The largest absolute Gasteiger partial charge is 0.353 e. The lowest BCUT2D eigenvalue weighted by molar-refractivity contribution is 0.865. The molecule has 8 heteroatoms. The number of fused-ring (bicyclic) bond motifs is 2. The summed E-state index contributed by atoms with van der Waals surface area (Å²) in [5.41, 5.74) is 7.57. The van der Waals surface area contributed by atoms with Gasteiger partial charge in [-0.1, -0.05) is 6.58 Å². The van der Waals surface area contributed by atoms with Gasteiger partial charge in [0.1, 0.15) is 5.82 Å². The number of hydrogen-bond donors (Lipinski definition) is 2. The number of pyridine rings is 2. The molecule has 6 rings (SSSR count). The summed E-state index contributed by atoms with van der Waals surface area (Å²) in [6.07, 6.45) is 5.55. The normalized spacial score (nSPS) is 11.6. The molecule has 6 aromatic rings. The van der Waals surface area contributed by atoms with Gasteiger partial charge in [0.05, 0.1) is 33.8 Å². The number of allylic oxidation sites excluding steroid dienone is 1. The van der Waals surface area contributed by atoms with E-state index in [0.29, 0.717) is 5.65 Å². The number of hydrogen-bond acceptors (Lipinski definition) is 5. The lowest BCUT2D eigenvalue weighted by Crippen LogP contribution is -1.94. The highest BCUT2D eigenvalue weighted by atomic mass is 32.1. The maximum absolute atomic E-state index is 4.69. The van der Waals surface area contributed by atoms with E-state index in [1.807, 2.05) is 45.6 Å². The zero-order chi connectivity index (χ0) is 22.7. The third-order valence-corrected chi connectivity index (χ3v) is 7.26. The molecule has 6 heterocycles. The summed E-state index contributed by atoms with van der Waals surface area (Å²) in [7, 11) is 2.01. The molecule has 0 saturated heterocycles. The van der Waals surface area contributed by atoms with E-state index in [1.165, 1.54) is 4.88 Å². The average molecular weight is 452 g/mol. The Bertz CT molecular complexity index is 1680. The number of rotatable bonds is 4. The maximum Gasteiger partial charge on any atom is 0.181 e. The van der Waals surface area contributed by atoms with E-state index in [2.05, 4.69) is 65.5 Å². The van der Waals surface area contributed by atoms with Crippen LogP contribution in [0.2, 0.25) is 0 Å². The van der Waals surface area contributed by atoms with Crippen molar-refractivity contribution in [2.45, 2.75) is 13.8 Å². The molecule has 2 N–H and O–H groups in total. The van der Waals surface area contributed by atoms with Crippen LogP contribution >= 0.6 is 11.3 Å². The summed E-state index contributed by atoms with van der Waals surface area (Å²) in [4.78, 5) is 19.5. The Hall–Kier alpha value is -4.04. The lowest BCUT2D eigenvalue weighted by atomic mass is 10.1. The van der Waals surface area contributed by atoms with Crippen molar-refractivity contribution in [2.75, 3.05) is 0 Å². The van der Waals surface area contributed by atoms with Gasteiger partial charge < -0.3 is 9.55 Å². The first kappa shape index (κ1) is 19.6. The van der Waals surface area contributed by atoms with Crippen molar-refractivity contribution in [3.8, 4) is 33.2 Å². The quantitative estimate of drug-likeness (QED) is 0.345. The van der Waals surface area contributed by atoms with Crippen LogP contribution in [0.5, 0.6) is 0 Å². The van der Waals surface area contributed by atoms with Crippen LogP contribution in [0.4, 0.5) is 0 Å². The van der Waals surface area contributed by atoms with E-state index in [4.69, 9.17) is 0 Å². The highest BCUT2D eigenvalue weighted by Gasteiger charge is 2.17. The summed E-state index contributed by atoms with van der Waals surface area (Å²) in [5.74, 6) is 0.955. The smallest absolute Gasteiger partial charge is 0.181 e. The van der Waals surface area contributed by atoms with Crippen LogP contribution in [0.25, 0.3) is 60.7 Å². The van der Waals surface area contributed by atoms with Gasteiger partial charge in [-0.3, -0.25) is 10.1 Å². The van der Waals surface area contributed by atoms with Gasteiger partial charge in [0, 0.05) is 46.2 Å². The fourth-order valence-electron chi connectivity index (χ4n) is 4.09. The first-order valence-corrected chi connectivity index (χ1v) is 11.4. The Morgan fingerprint density at radius 1 is 1.06 bits per heavy atom. The zero-order valence-corrected chi connectivity index (χ0v) is 19.3. The SMILES string of the molecule is C=C(C)c1ccc(-c2nccc3[nH]c(-c4[nH]nc5ncc(-c6cnc(C)n6C)cc45)cc23)s1. The van der Waals surface area contributed by atoms with Crippen molar-refractivity contribution in [2.24, 2.45) is 7.05 Å². The van der Waals surface area contributed by atoms with E-state index in [-0.39, 0.29) is 0 Å². The van der Waals surface area contributed by atoms with Gasteiger partial charge in [-0.25, -0.2) is 9.97 Å².